The van der Waals surface area contributed by atoms with Crippen molar-refractivity contribution in [2.75, 3.05) is 40.5 Å². The van der Waals surface area contributed by atoms with Crippen molar-refractivity contribution in [3.63, 3.8) is 0 Å². The molecule has 1 aliphatic rings. The molecular weight excluding hydrogens is 504 g/mol. The van der Waals surface area contributed by atoms with E-state index in [2.05, 4.69) is 5.32 Å². The van der Waals surface area contributed by atoms with Crippen molar-refractivity contribution in [3.8, 4) is 11.5 Å². The van der Waals surface area contributed by atoms with E-state index in [1.54, 1.807) is 29.2 Å². The van der Waals surface area contributed by atoms with Gasteiger partial charge in [0.05, 0.1) is 44.9 Å². The molecule has 1 aromatic heterocycles. The maximum absolute atomic E-state index is 13.6. The van der Waals surface area contributed by atoms with Gasteiger partial charge in [-0.1, -0.05) is 19.1 Å². The van der Waals surface area contributed by atoms with Gasteiger partial charge in [-0.2, -0.15) is 0 Å². The number of carbonyl (C=O) groups is 2. The fraction of sp³-hybridized carbons (Fsp3) is 0.429. The van der Waals surface area contributed by atoms with Crippen LogP contribution in [0.4, 0.5) is 0 Å². The second kappa shape index (κ2) is 12.2. The quantitative estimate of drug-likeness (QED) is 0.439. The van der Waals surface area contributed by atoms with E-state index in [1.807, 2.05) is 13.8 Å². The van der Waals surface area contributed by atoms with Crippen molar-refractivity contribution in [1.82, 2.24) is 19.4 Å². The van der Waals surface area contributed by atoms with Gasteiger partial charge in [-0.25, -0.2) is 4.79 Å². The van der Waals surface area contributed by atoms with Gasteiger partial charge >= 0.3 is 5.69 Å². The van der Waals surface area contributed by atoms with Crippen LogP contribution in [0.3, 0.4) is 0 Å². The number of morpholine rings is 1. The van der Waals surface area contributed by atoms with Gasteiger partial charge in [0, 0.05) is 30.8 Å². The topological polar surface area (TPSA) is 121 Å². The van der Waals surface area contributed by atoms with Crippen molar-refractivity contribution < 1.29 is 23.8 Å². The van der Waals surface area contributed by atoms with Crippen molar-refractivity contribution >= 4 is 22.7 Å². The number of aromatic nitrogens is 2. The second-order valence-electron chi connectivity index (χ2n) is 9.46. The van der Waals surface area contributed by atoms with Gasteiger partial charge in [0.25, 0.3) is 11.5 Å². The first kappa shape index (κ1) is 27.9. The van der Waals surface area contributed by atoms with Gasteiger partial charge in [-0.3, -0.25) is 23.5 Å². The number of ether oxygens (including phenoxy) is 3. The van der Waals surface area contributed by atoms with Gasteiger partial charge in [-0.15, -0.1) is 0 Å². The minimum absolute atomic E-state index is 0.0407. The predicted molar refractivity (Wildman–Crippen MR) is 146 cm³/mol. The summed E-state index contributed by atoms with van der Waals surface area (Å²) in [5, 5.41) is 3.07. The monoisotopic (exact) mass is 538 g/mol. The van der Waals surface area contributed by atoms with Crippen LogP contribution < -0.4 is 26.0 Å². The van der Waals surface area contributed by atoms with E-state index in [0.717, 1.165) is 11.0 Å². The maximum atomic E-state index is 13.6. The molecule has 39 heavy (non-hydrogen) atoms. The Hall–Kier alpha value is -4.12. The number of hydrogen-bond donors (Lipinski definition) is 1. The molecule has 0 spiro atoms. The fourth-order valence-corrected chi connectivity index (χ4v) is 4.49. The smallest absolute Gasteiger partial charge is 0.332 e. The van der Waals surface area contributed by atoms with Crippen LogP contribution in [-0.4, -0.2) is 72.4 Å². The van der Waals surface area contributed by atoms with Crippen LogP contribution in [0, 0.1) is 0 Å². The van der Waals surface area contributed by atoms with Gasteiger partial charge in [0.15, 0.2) is 11.5 Å². The highest BCUT2D eigenvalue weighted by Crippen LogP contribution is 2.30. The van der Waals surface area contributed by atoms with E-state index < -0.39 is 11.2 Å². The van der Waals surface area contributed by atoms with Crippen LogP contribution in [0.15, 0.2) is 46.0 Å². The Morgan fingerprint density at radius 1 is 1.00 bits per heavy atom. The average molecular weight is 539 g/mol. The third kappa shape index (κ3) is 5.98. The summed E-state index contributed by atoms with van der Waals surface area (Å²) < 4.78 is 18.4. The molecule has 2 heterocycles. The zero-order valence-corrected chi connectivity index (χ0v) is 22.7. The molecule has 1 fully saturated rings. The Morgan fingerprint density at radius 3 is 2.26 bits per heavy atom. The first-order chi connectivity index (χ1) is 18.8. The Morgan fingerprint density at radius 2 is 1.64 bits per heavy atom. The minimum Gasteiger partial charge on any atom is -0.493 e. The van der Waals surface area contributed by atoms with E-state index in [0.29, 0.717) is 48.9 Å². The van der Waals surface area contributed by atoms with Gasteiger partial charge in [0.1, 0.15) is 6.54 Å². The van der Waals surface area contributed by atoms with E-state index in [1.165, 1.54) is 30.9 Å². The molecule has 4 rings (SSSR count). The summed E-state index contributed by atoms with van der Waals surface area (Å²) in [6, 6.07) is 9.79. The van der Waals surface area contributed by atoms with Crippen LogP contribution in [0.2, 0.25) is 0 Å². The number of methoxy groups -OCH3 is 2. The Labute approximate surface area is 225 Å². The van der Waals surface area contributed by atoms with E-state index in [9.17, 15) is 19.2 Å². The molecule has 0 saturated carbocycles. The number of benzene rings is 2. The maximum Gasteiger partial charge on any atom is 0.332 e. The Kier molecular flexibility index (Phi) is 8.70. The standard InChI is InChI=1S/C28H34N4O7/c1-5-18(2)29-25(33)17-31-22-15-24(38-4)23(37-3)14-21(22)27(35)32(28(31)36)16-19-6-8-20(9-7-19)26(34)30-10-12-39-13-11-30/h6-9,14-15,18H,5,10-13,16-17H2,1-4H3,(H,29,33)/t18-/m0/s1. The fourth-order valence-electron chi connectivity index (χ4n) is 4.49. The molecule has 11 nitrogen and oxygen atoms in total. The summed E-state index contributed by atoms with van der Waals surface area (Å²) >= 11 is 0. The normalized spacial score (nSPS) is 14.2. The molecule has 1 aliphatic heterocycles. The molecular formula is C28H34N4O7. The molecule has 1 saturated heterocycles. The molecule has 1 atom stereocenters. The lowest BCUT2D eigenvalue weighted by Crippen LogP contribution is -2.44. The average Bonchev–Trinajstić information content (AvgIpc) is 2.97. The van der Waals surface area contributed by atoms with Crippen molar-refractivity contribution in [3.05, 3.63) is 68.4 Å². The van der Waals surface area contributed by atoms with Crippen molar-refractivity contribution in [2.45, 2.75) is 39.4 Å². The lowest BCUT2D eigenvalue weighted by molar-refractivity contribution is -0.122. The molecule has 2 aromatic carbocycles. The van der Waals surface area contributed by atoms with Crippen LogP contribution in [-0.2, 0) is 22.6 Å². The Balaban J connectivity index is 1.74. The number of nitrogens with zero attached hydrogens (tertiary/aromatic N) is 3. The van der Waals surface area contributed by atoms with Gasteiger partial charge in [0.2, 0.25) is 5.91 Å². The molecule has 0 bridgehead atoms. The Bertz CT molecular complexity index is 1470. The number of amides is 2. The SMILES string of the molecule is CC[C@H](C)NC(=O)Cn1c(=O)n(Cc2ccc(C(=O)N3CCOCC3)cc2)c(=O)c2cc(OC)c(OC)cc21. The summed E-state index contributed by atoms with van der Waals surface area (Å²) in [6.07, 6.45) is 0.732. The van der Waals surface area contributed by atoms with E-state index >= 15 is 0 Å². The summed E-state index contributed by atoms with van der Waals surface area (Å²) in [5.74, 6) is 0.217. The number of rotatable bonds is 9. The number of fused-ring (bicyclic) bond motifs is 1. The summed E-state index contributed by atoms with van der Waals surface area (Å²) in [5.41, 5.74) is 0.283. The highest BCUT2D eigenvalue weighted by molar-refractivity contribution is 5.94. The molecule has 11 heteroatoms. The molecule has 1 N–H and O–H groups in total. The van der Waals surface area contributed by atoms with E-state index in [4.69, 9.17) is 14.2 Å². The molecule has 2 amide bonds. The van der Waals surface area contributed by atoms with Crippen LogP contribution in [0.5, 0.6) is 11.5 Å². The number of carbonyl (C=O) groups excluding carboxylic acids is 2. The summed E-state index contributed by atoms with van der Waals surface area (Å²) in [6.45, 7) is 5.59. The van der Waals surface area contributed by atoms with Crippen LogP contribution >= 0.6 is 0 Å². The zero-order chi connectivity index (χ0) is 28.1. The predicted octanol–water partition coefficient (Wildman–Crippen LogP) is 1.62. The second-order valence-corrected chi connectivity index (χ2v) is 9.46. The largest absolute Gasteiger partial charge is 0.493 e. The summed E-state index contributed by atoms with van der Waals surface area (Å²) in [7, 11) is 2.91. The lowest BCUT2D eigenvalue weighted by atomic mass is 10.1. The number of hydrogen-bond acceptors (Lipinski definition) is 7. The molecule has 0 unspecified atom stereocenters. The molecule has 3 aromatic rings. The highest BCUT2D eigenvalue weighted by Gasteiger charge is 2.21. The van der Waals surface area contributed by atoms with Gasteiger partial charge < -0.3 is 24.4 Å². The van der Waals surface area contributed by atoms with E-state index in [-0.39, 0.29) is 41.8 Å². The third-order valence-corrected chi connectivity index (χ3v) is 6.89. The highest BCUT2D eigenvalue weighted by atomic mass is 16.5. The van der Waals surface area contributed by atoms with Crippen LogP contribution in [0.1, 0.15) is 36.2 Å². The molecule has 0 aliphatic carbocycles. The lowest BCUT2D eigenvalue weighted by Gasteiger charge is -2.26. The first-order valence-corrected chi connectivity index (χ1v) is 12.9. The van der Waals surface area contributed by atoms with Crippen molar-refractivity contribution in [1.29, 1.82) is 0 Å². The van der Waals surface area contributed by atoms with Crippen LogP contribution in [0.25, 0.3) is 10.9 Å². The first-order valence-electron chi connectivity index (χ1n) is 12.9. The van der Waals surface area contributed by atoms with Crippen molar-refractivity contribution in [2.24, 2.45) is 0 Å². The number of nitrogens with one attached hydrogen (secondary N) is 1. The third-order valence-electron chi connectivity index (χ3n) is 6.89. The summed E-state index contributed by atoms with van der Waals surface area (Å²) in [4.78, 5) is 54.5. The molecule has 0 radical (unpaired) electrons. The van der Waals surface area contributed by atoms with Gasteiger partial charge in [-0.05, 0) is 37.1 Å². The zero-order valence-electron chi connectivity index (χ0n) is 22.7. The molecule has 208 valence electrons. The minimum atomic E-state index is -0.632.